The van der Waals surface area contributed by atoms with E-state index in [1.165, 1.54) is 30.5 Å². The van der Waals surface area contributed by atoms with E-state index in [2.05, 4.69) is 10.5 Å². The van der Waals surface area contributed by atoms with Gasteiger partial charge in [0, 0.05) is 28.3 Å². The second-order valence-corrected chi connectivity index (χ2v) is 7.92. The van der Waals surface area contributed by atoms with Gasteiger partial charge in [0.2, 0.25) is 5.75 Å². The molecular weight excluding hydrogens is 482 g/mol. The van der Waals surface area contributed by atoms with Crippen molar-refractivity contribution in [3.63, 3.8) is 0 Å². The van der Waals surface area contributed by atoms with Gasteiger partial charge in [0.25, 0.3) is 5.91 Å². The maximum atomic E-state index is 12.7. The molecule has 0 saturated carbocycles. The number of nitrogens with one attached hydrogen (secondary N) is 1. The first kappa shape index (κ1) is 24.3. The van der Waals surface area contributed by atoms with Crippen molar-refractivity contribution in [3.05, 3.63) is 123 Å². The van der Waals surface area contributed by atoms with Crippen molar-refractivity contribution >= 4 is 52.2 Å². The number of para-hydroxylation sites is 1. The molecule has 4 rings (SSSR count). The van der Waals surface area contributed by atoms with Crippen LogP contribution in [0.5, 0.6) is 5.75 Å². The van der Waals surface area contributed by atoms with Crippen molar-refractivity contribution in [2.75, 3.05) is 0 Å². The van der Waals surface area contributed by atoms with Crippen molar-refractivity contribution in [2.45, 2.75) is 0 Å². The summed E-state index contributed by atoms with van der Waals surface area (Å²) >= 11 is 5.85. The number of fused-ring (bicyclic) bond motifs is 1. The van der Waals surface area contributed by atoms with Gasteiger partial charge >= 0.3 is 11.7 Å². The zero-order valence-electron chi connectivity index (χ0n) is 18.6. The van der Waals surface area contributed by atoms with E-state index < -0.39 is 22.5 Å². The van der Waals surface area contributed by atoms with Crippen molar-refractivity contribution in [2.24, 2.45) is 5.10 Å². The summed E-state index contributed by atoms with van der Waals surface area (Å²) in [5.74, 6) is -1.58. The van der Waals surface area contributed by atoms with Crippen molar-refractivity contribution in [1.29, 1.82) is 0 Å². The van der Waals surface area contributed by atoms with Crippen LogP contribution in [0, 0.1) is 10.1 Å². The van der Waals surface area contributed by atoms with Crippen LogP contribution in [0.1, 0.15) is 21.5 Å². The first-order valence-corrected chi connectivity index (χ1v) is 11.0. The Labute approximate surface area is 210 Å². The number of ether oxygens (including phenoxy) is 1. The van der Waals surface area contributed by atoms with Gasteiger partial charge in [-0.15, -0.1) is 0 Å². The first-order valence-electron chi connectivity index (χ1n) is 10.7. The molecule has 0 bridgehead atoms. The molecule has 0 saturated heterocycles. The minimum atomic E-state index is -0.825. The van der Waals surface area contributed by atoms with Gasteiger partial charge in [-0.3, -0.25) is 14.9 Å². The van der Waals surface area contributed by atoms with Gasteiger partial charge in [0.05, 0.1) is 11.1 Å². The highest BCUT2D eigenvalue weighted by Gasteiger charge is 2.20. The predicted octanol–water partition coefficient (Wildman–Crippen LogP) is 5.78. The van der Waals surface area contributed by atoms with Gasteiger partial charge < -0.3 is 4.74 Å². The predicted molar refractivity (Wildman–Crippen MR) is 138 cm³/mol. The number of halogens is 1. The third-order valence-corrected chi connectivity index (χ3v) is 5.36. The number of nitro groups is 1. The smallest absolute Gasteiger partial charge is 0.336 e. The van der Waals surface area contributed by atoms with E-state index in [1.807, 2.05) is 30.3 Å². The molecule has 4 aromatic rings. The topological polar surface area (TPSA) is 111 Å². The van der Waals surface area contributed by atoms with Crippen LogP contribution in [0.25, 0.3) is 16.8 Å². The molecule has 0 unspecified atom stereocenters. The van der Waals surface area contributed by atoms with E-state index in [0.29, 0.717) is 16.1 Å². The normalized spacial score (nSPS) is 11.1. The van der Waals surface area contributed by atoms with Crippen molar-refractivity contribution in [3.8, 4) is 5.75 Å². The number of rotatable bonds is 7. The molecule has 4 aromatic carbocycles. The number of hydrogen-bond donors (Lipinski definition) is 1. The number of hydrogen-bond acceptors (Lipinski definition) is 6. The molecule has 0 fully saturated rings. The molecule has 0 aliphatic carbocycles. The lowest BCUT2D eigenvalue weighted by atomic mass is 10.0. The van der Waals surface area contributed by atoms with E-state index in [9.17, 15) is 19.7 Å². The molecule has 0 aromatic heterocycles. The van der Waals surface area contributed by atoms with E-state index in [4.69, 9.17) is 16.3 Å². The largest absolute Gasteiger partial charge is 0.415 e. The first-order chi connectivity index (χ1) is 17.4. The second kappa shape index (κ2) is 11.1. The van der Waals surface area contributed by atoms with E-state index in [0.717, 1.165) is 16.8 Å². The fraction of sp³-hybridized carbons (Fsp3) is 0. The van der Waals surface area contributed by atoms with Gasteiger partial charge in [0.15, 0.2) is 0 Å². The van der Waals surface area contributed by atoms with E-state index in [-0.39, 0.29) is 11.3 Å². The molecule has 0 aliphatic heterocycles. The Hall–Kier alpha value is -4.82. The number of benzene rings is 4. The summed E-state index contributed by atoms with van der Waals surface area (Å²) in [7, 11) is 0. The lowest BCUT2D eigenvalue weighted by Crippen LogP contribution is -2.18. The maximum absolute atomic E-state index is 12.7. The molecule has 0 heterocycles. The quantitative estimate of drug-likeness (QED) is 0.0864. The van der Waals surface area contributed by atoms with Crippen LogP contribution in [0.3, 0.4) is 0 Å². The summed E-state index contributed by atoms with van der Waals surface area (Å²) in [6.45, 7) is 0. The van der Waals surface area contributed by atoms with Gasteiger partial charge in [-0.2, -0.15) is 5.10 Å². The third kappa shape index (κ3) is 5.81. The molecule has 9 heteroatoms. The second-order valence-electron chi connectivity index (χ2n) is 7.48. The fourth-order valence-corrected chi connectivity index (χ4v) is 3.54. The maximum Gasteiger partial charge on any atom is 0.336 e. The van der Waals surface area contributed by atoms with Gasteiger partial charge in [-0.25, -0.2) is 10.2 Å². The fourth-order valence-electron chi connectivity index (χ4n) is 3.42. The Morgan fingerprint density at radius 2 is 1.67 bits per heavy atom. The summed E-state index contributed by atoms with van der Waals surface area (Å²) < 4.78 is 5.29. The van der Waals surface area contributed by atoms with Crippen molar-refractivity contribution in [1.82, 2.24) is 5.43 Å². The Morgan fingerprint density at radius 3 is 2.44 bits per heavy atom. The molecule has 1 N–H and O–H groups in total. The lowest BCUT2D eigenvalue weighted by molar-refractivity contribution is -0.385. The van der Waals surface area contributed by atoms with Gasteiger partial charge in [-0.05, 0) is 46.7 Å². The number of nitro benzene ring substituents is 1. The summed E-state index contributed by atoms with van der Waals surface area (Å²) in [5.41, 5.74) is 3.24. The molecule has 8 nitrogen and oxygen atoms in total. The minimum Gasteiger partial charge on any atom is -0.415 e. The number of esters is 1. The molecule has 0 spiro atoms. The van der Waals surface area contributed by atoms with Crippen molar-refractivity contribution < 1.29 is 19.2 Å². The Kier molecular flexibility index (Phi) is 7.48. The highest BCUT2D eigenvalue weighted by atomic mass is 35.5. The van der Waals surface area contributed by atoms with E-state index in [1.54, 1.807) is 36.4 Å². The summed E-state index contributed by atoms with van der Waals surface area (Å²) in [6.07, 6.45) is 3.82. The average Bonchev–Trinajstić information content (AvgIpc) is 2.88. The molecule has 0 radical (unpaired) electrons. The number of hydrazone groups is 1. The molecule has 0 atom stereocenters. The highest BCUT2D eigenvalue weighted by Crippen LogP contribution is 2.30. The number of nitrogens with zero attached hydrogens (tertiary/aromatic N) is 2. The SMILES string of the molecule is O=C(/C=C/c1ccc(Cl)cc1)Oc1c(/C=N/NC(=O)c2cccc3ccccc23)cccc1[N+](=O)[O-]. The van der Waals surface area contributed by atoms with Crippen LogP contribution in [-0.2, 0) is 4.79 Å². The lowest BCUT2D eigenvalue weighted by Gasteiger charge is -2.07. The molecule has 178 valence electrons. The zero-order valence-corrected chi connectivity index (χ0v) is 19.4. The van der Waals surface area contributed by atoms with Crippen LogP contribution in [0.4, 0.5) is 5.69 Å². The molecule has 36 heavy (non-hydrogen) atoms. The molecular formula is C27H18ClN3O5. The summed E-state index contributed by atoms with van der Waals surface area (Å²) in [5, 5.41) is 17.7. The Bertz CT molecular complexity index is 1510. The zero-order chi connectivity index (χ0) is 25.5. The van der Waals surface area contributed by atoms with Crippen LogP contribution in [-0.4, -0.2) is 23.0 Å². The standard InChI is InChI=1S/C27H18ClN3O5/c28-21-14-11-18(12-15-21)13-16-25(32)36-26-20(7-4-10-24(26)31(34)35)17-29-30-27(33)23-9-3-6-19-5-1-2-8-22(19)23/h1-17H,(H,30,33)/b16-13+,29-17+. The van der Waals surface area contributed by atoms with Crippen LogP contribution in [0.2, 0.25) is 5.02 Å². The minimum absolute atomic E-state index is 0.135. The number of amides is 1. The average molecular weight is 500 g/mol. The van der Waals surface area contributed by atoms with Gasteiger partial charge in [0.1, 0.15) is 0 Å². The van der Waals surface area contributed by atoms with Crippen LogP contribution >= 0.6 is 11.6 Å². The monoisotopic (exact) mass is 499 g/mol. The van der Waals surface area contributed by atoms with E-state index >= 15 is 0 Å². The summed E-state index contributed by atoms with van der Waals surface area (Å²) in [4.78, 5) is 35.9. The molecule has 1 amide bonds. The highest BCUT2D eigenvalue weighted by molar-refractivity contribution is 6.30. The number of carbonyl (C=O) groups excluding carboxylic acids is 2. The van der Waals surface area contributed by atoms with Crippen LogP contribution < -0.4 is 10.2 Å². The summed E-state index contributed by atoms with van der Waals surface area (Å²) in [6, 6.07) is 23.6. The van der Waals surface area contributed by atoms with Gasteiger partial charge in [-0.1, -0.05) is 66.2 Å². The Balaban J connectivity index is 1.54. The Morgan fingerprint density at radius 1 is 0.944 bits per heavy atom. The number of carbonyl (C=O) groups is 2. The van der Waals surface area contributed by atoms with Crippen LogP contribution in [0.15, 0.2) is 96.1 Å². The molecule has 0 aliphatic rings. The third-order valence-electron chi connectivity index (χ3n) is 5.11.